The van der Waals surface area contributed by atoms with Crippen molar-refractivity contribution in [3.63, 3.8) is 0 Å². The first-order chi connectivity index (χ1) is 9.67. The van der Waals surface area contributed by atoms with Gasteiger partial charge in [-0.2, -0.15) is 5.26 Å². The molecule has 0 saturated carbocycles. The first-order valence-electron chi connectivity index (χ1n) is 5.98. The number of nitrogens with zero attached hydrogens (tertiary/aromatic N) is 1. The Kier molecular flexibility index (Phi) is 4.77. The third-order valence-electron chi connectivity index (χ3n) is 3.00. The Hall–Kier alpha value is -1.69. The summed E-state index contributed by atoms with van der Waals surface area (Å²) in [7, 11) is 0. The van der Waals surface area contributed by atoms with Crippen LogP contribution in [0.2, 0.25) is 0 Å². The summed E-state index contributed by atoms with van der Waals surface area (Å²) in [6.07, 6.45) is 0. The number of aromatic amines is 1. The van der Waals surface area contributed by atoms with Crippen LogP contribution in [0.15, 0.2) is 42.5 Å². The maximum atomic E-state index is 9.10. The van der Waals surface area contributed by atoms with Crippen LogP contribution in [0.25, 0.3) is 16.6 Å². The van der Waals surface area contributed by atoms with Crippen LogP contribution in [-0.4, -0.2) is 4.98 Å². The molecule has 0 aliphatic heterocycles. The van der Waals surface area contributed by atoms with E-state index in [0.717, 1.165) is 10.9 Å². The second kappa shape index (κ2) is 6.39. The van der Waals surface area contributed by atoms with Gasteiger partial charge in [-0.25, -0.2) is 0 Å². The summed E-state index contributed by atoms with van der Waals surface area (Å²) in [4.78, 5) is 2.95. The van der Waals surface area contributed by atoms with Crippen LogP contribution in [0, 0.1) is 55.4 Å². The minimum absolute atomic E-state index is 0. The van der Waals surface area contributed by atoms with Crippen LogP contribution < -0.4 is 10.5 Å². The molecule has 0 amide bonds. The molecule has 0 atom stereocenters. The van der Waals surface area contributed by atoms with E-state index in [2.05, 4.69) is 11.1 Å². The molecule has 0 fully saturated rings. The molecule has 0 spiro atoms. The quantitative estimate of drug-likeness (QED) is 0.566. The summed E-state index contributed by atoms with van der Waals surface area (Å²) in [5, 5.41) is 9.84. The number of ether oxygens (including phenoxy) is 1. The smallest absolute Gasteiger partial charge is 0.128 e. The summed E-state index contributed by atoms with van der Waals surface area (Å²) >= 11 is 0. The number of aromatic nitrogens is 1. The first kappa shape index (κ1) is 15.7. The van der Waals surface area contributed by atoms with Crippen molar-refractivity contribution in [2.75, 3.05) is 5.73 Å². The van der Waals surface area contributed by atoms with E-state index >= 15 is 0 Å². The largest absolute Gasteiger partial charge is 0.699 e. The summed E-state index contributed by atoms with van der Waals surface area (Å²) in [6.45, 7) is 0. The zero-order valence-corrected chi connectivity index (χ0v) is 15.8. The maximum absolute atomic E-state index is 9.10. The average Bonchev–Trinajstić information content (AvgIpc) is 2.76. The fourth-order valence-electron chi connectivity index (χ4n) is 2.03. The number of nitrogens with two attached hydrogens (primary N) is 1. The van der Waals surface area contributed by atoms with Gasteiger partial charge in [0.1, 0.15) is 28.9 Å². The number of hydrogen-bond acceptors (Lipinski definition) is 3. The van der Waals surface area contributed by atoms with Crippen molar-refractivity contribution in [1.82, 2.24) is 4.98 Å². The minimum atomic E-state index is 0. The van der Waals surface area contributed by atoms with E-state index in [1.54, 1.807) is 36.4 Å². The number of fused-ring (bicyclic) bond motifs is 1. The Balaban J connectivity index is 0.00000161. The summed E-state index contributed by atoms with van der Waals surface area (Å²) in [5.41, 5.74) is 14.8. The van der Waals surface area contributed by atoms with Gasteiger partial charge < -0.3 is 21.2 Å². The van der Waals surface area contributed by atoms with E-state index < -0.39 is 0 Å². The Morgan fingerprint density at radius 3 is 2.43 bits per heavy atom. The van der Waals surface area contributed by atoms with Crippen molar-refractivity contribution in [3.8, 4) is 17.6 Å². The number of hydrogen-bond donors (Lipinski definition) is 2. The van der Waals surface area contributed by atoms with Gasteiger partial charge in [-0.05, 0) is 30.3 Å². The van der Waals surface area contributed by atoms with Crippen molar-refractivity contribution >= 4 is 22.4 Å². The van der Waals surface area contributed by atoms with E-state index in [-0.39, 0.29) is 44.1 Å². The van der Waals surface area contributed by atoms with Crippen molar-refractivity contribution < 1.29 is 48.8 Å². The molecule has 3 aromatic rings. The predicted molar refractivity (Wildman–Crippen MR) is 77.9 cm³/mol. The summed E-state index contributed by atoms with van der Waals surface area (Å²) in [6, 6.07) is 14.2. The van der Waals surface area contributed by atoms with Crippen LogP contribution in [0.3, 0.4) is 0 Å². The molecule has 0 unspecified atom stereocenters. The number of benzene rings is 2. The molecule has 0 bridgehead atoms. The molecular weight excluding hydrogens is 479 g/mol. The monoisotopic (exact) mass is 490 g/mol. The van der Waals surface area contributed by atoms with E-state index in [4.69, 9.17) is 21.5 Å². The molecule has 0 aliphatic carbocycles. The number of nitrogens with one attached hydrogen (secondary N) is 2. The third kappa shape index (κ3) is 3.15. The zero-order chi connectivity index (χ0) is 14.1. The topological polar surface area (TPSA) is 98.6 Å². The fourth-order valence-corrected chi connectivity index (χ4v) is 2.03. The van der Waals surface area contributed by atoms with Gasteiger partial charge in [0.25, 0.3) is 0 Å². The molecule has 2 aromatic carbocycles. The molecule has 4 N–H and O–H groups in total. The molecule has 21 heavy (non-hydrogen) atoms. The van der Waals surface area contributed by atoms with Crippen LogP contribution in [0.5, 0.6) is 11.5 Å². The van der Waals surface area contributed by atoms with E-state index in [1.165, 1.54) is 0 Å². The fraction of sp³-hybridized carbons (Fsp3) is 0. The Labute approximate surface area is 157 Å². The van der Waals surface area contributed by atoms with Crippen LogP contribution in [0.4, 0.5) is 11.5 Å². The predicted octanol–water partition coefficient (Wildman–Crippen LogP) is 4.10. The molecule has 1 radical (unpaired) electrons. The second-order valence-corrected chi connectivity index (χ2v) is 4.36. The molecule has 1 heterocycles. The molecule has 3 rings (SSSR count). The third-order valence-corrected chi connectivity index (χ3v) is 3.00. The number of H-pyrrole nitrogens is 1. The number of nitrogen functional groups attached to an aromatic ring is 1. The minimum Gasteiger partial charge on any atom is -0.699 e. The Morgan fingerprint density at radius 1 is 1.10 bits per heavy atom. The van der Waals surface area contributed by atoms with Gasteiger partial charge in [0.2, 0.25) is 0 Å². The SMILES string of the molecule is N#Cc1c(N)[nH]c2ccc(Oc3ccc([NH-])cc3)cc12.[Ac]. The maximum Gasteiger partial charge on any atom is 0.128 e. The molecule has 0 saturated heterocycles. The molecule has 5 nitrogen and oxygen atoms in total. The van der Waals surface area contributed by atoms with Gasteiger partial charge in [0, 0.05) is 55.0 Å². The summed E-state index contributed by atoms with van der Waals surface area (Å²) < 4.78 is 5.70. The van der Waals surface area contributed by atoms with Crippen LogP contribution >= 0.6 is 0 Å². The molecule has 1 aromatic heterocycles. The number of rotatable bonds is 2. The van der Waals surface area contributed by atoms with Gasteiger partial charge in [-0.15, -0.1) is 5.69 Å². The van der Waals surface area contributed by atoms with Crippen LogP contribution in [0.1, 0.15) is 5.56 Å². The molecule has 101 valence electrons. The van der Waals surface area contributed by atoms with Gasteiger partial charge in [0.05, 0.1) is 0 Å². The Morgan fingerprint density at radius 2 is 1.76 bits per heavy atom. The van der Waals surface area contributed by atoms with Gasteiger partial charge in [0.15, 0.2) is 0 Å². The van der Waals surface area contributed by atoms with Gasteiger partial charge in [-0.3, -0.25) is 0 Å². The summed E-state index contributed by atoms with van der Waals surface area (Å²) in [5.74, 6) is 1.62. The van der Waals surface area contributed by atoms with Crippen molar-refractivity contribution in [2.24, 2.45) is 0 Å². The van der Waals surface area contributed by atoms with E-state index in [0.29, 0.717) is 28.6 Å². The standard InChI is InChI=1S/C15H11N4O.Ac/c16-8-13-12-7-11(5-6-14(12)19-15(13)18)20-10-3-1-9(17)2-4-10;/h1-7,17,19H,18H2;/q-1;. The number of nitriles is 1. The first-order valence-corrected chi connectivity index (χ1v) is 5.98. The second-order valence-electron chi connectivity index (χ2n) is 4.36. The van der Waals surface area contributed by atoms with Gasteiger partial charge in [-0.1, -0.05) is 12.1 Å². The average molecular weight is 490 g/mol. The van der Waals surface area contributed by atoms with Crippen molar-refractivity contribution in [1.29, 1.82) is 5.26 Å². The number of anilines is 1. The Bertz CT molecular complexity index is 818. The normalized spacial score (nSPS) is 9.86. The molecular formula is C15H11AcN4O-. The van der Waals surface area contributed by atoms with Crippen molar-refractivity contribution in [3.05, 3.63) is 53.8 Å². The molecule has 6 heteroatoms. The van der Waals surface area contributed by atoms with E-state index in [9.17, 15) is 0 Å². The van der Waals surface area contributed by atoms with Crippen molar-refractivity contribution in [2.45, 2.75) is 0 Å². The van der Waals surface area contributed by atoms with Crippen LogP contribution in [-0.2, 0) is 0 Å². The van der Waals surface area contributed by atoms with E-state index in [1.807, 2.05) is 6.07 Å². The van der Waals surface area contributed by atoms with Gasteiger partial charge >= 0.3 is 0 Å². The zero-order valence-electron chi connectivity index (χ0n) is 11.1. The molecule has 0 aliphatic rings.